The third-order valence-electron chi connectivity index (χ3n) is 1.87. The van der Waals surface area contributed by atoms with Crippen LogP contribution in [0.25, 0.3) is 0 Å². The van der Waals surface area contributed by atoms with E-state index in [2.05, 4.69) is 6.58 Å². The van der Waals surface area contributed by atoms with Gasteiger partial charge in [-0.05, 0) is 19.0 Å². The first-order valence-electron chi connectivity index (χ1n) is 4.88. The molecule has 0 amide bonds. The van der Waals surface area contributed by atoms with Crippen molar-refractivity contribution in [3.05, 3.63) is 12.7 Å². The summed E-state index contributed by atoms with van der Waals surface area (Å²) in [7, 11) is -2.35. The predicted octanol–water partition coefficient (Wildman–Crippen LogP) is -0.140. The Morgan fingerprint density at radius 1 is 1.35 bits per heavy atom. The number of ether oxygens (including phenoxy) is 1. The number of rotatable bonds is 5. The van der Waals surface area contributed by atoms with E-state index in [-0.39, 0.29) is 30.0 Å². The van der Waals surface area contributed by atoms with E-state index in [1.54, 1.807) is 0 Å². The van der Waals surface area contributed by atoms with Gasteiger partial charge in [-0.15, -0.1) is 0 Å². The summed E-state index contributed by atoms with van der Waals surface area (Å²) in [5.41, 5.74) is 0. The third kappa shape index (κ3) is 6.42. The van der Waals surface area contributed by atoms with E-state index in [9.17, 15) is 4.79 Å². The van der Waals surface area contributed by atoms with Gasteiger partial charge in [0.2, 0.25) is 0 Å². The van der Waals surface area contributed by atoms with Gasteiger partial charge >= 0.3 is 44.6 Å². The first-order chi connectivity index (χ1) is 8.16. The summed E-state index contributed by atoms with van der Waals surface area (Å²) >= 11 is 0. The van der Waals surface area contributed by atoms with Gasteiger partial charge in [-0.3, -0.25) is 0 Å². The Kier molecular flexibility index (Phi) is 7.13. The smallest absolute Gasteiger partial charge is 0.412 e. The highest BCUT2D eigenvalue weighted by Gasteiger charge is 2.33. The maximum Gasteiger partial charge on any atom is 0.412 e. The second-order valence-corrected chi connectivity index (χ2v) is 9.80. The van der Waals surface area contributed by atoms with Gasteiger partial charge in [0.15, 0.2) is 0 Å². The lowest BCUT2D eigenvalue weighted by Gasteiger charge is -2.27. The standard InChI is InChI=1S/C7H12O6Si4/c1-3-7(8)9-5-4-6-17(2)12-15-10-14-11-16-13-17/h3H,1,4-6H2,2H3. The molecule has 1 saturated heterocycles. The monoisotopic (exact) mass is 304 g/mol. The number of carbonyl (C=O) groups is 1. The van der Waals surface area contributed by atoms with Crippen molar-refractivity contribution < 1.29 is 26.0 Å². The Hall–Kier alpha value is -0.0825. The molecule has 0 aromatic heterocycles. The lowest BCUT2D eigenvalue weighted by Crippen LogP contribution is -2.44. The van der Waals surface area contributed by atoms with Gasteiger partial charge in [0.05, 0.1) is 6.61 Å². The molecule has 92 valence electrons. The van der Waals surface area contributed by atoms with Crippen LogP contribution in [-0.2, 0) is 26.0 Å². The third-order valence-corrected chi connectivity index (χ3v) is 8.58. The Morgan fingerprint density at radius 2 is 2.00 bits per heavy atom. The highest BCUT2D eigenvalue weighted by atomic mass is 28.5. The zero-order valence-electron chi connectivity index (χ0n) is 9.36. The highest BCUT2D eigenvalue weighted by Crippen LogP contribution is 2.16. The van der Waals surface area contributed by atoms with E-state index < -0.39 is 14.5 Å². The van der Waals surface area contributed by atoms with Gasteiger partial charge in [0, 0.05) is 6.08 Å². The maximum absolute atomic E-state index is 10.8. The van der Waals surface area contributed by atoms with Crippen LogP contribution in [0.3, 0.4) is 0 Å². The summed E-state index contributed by atoms with van der Waals surface area (Å²) in [6.07, 6.45) is 1.84. The van der Waals surface area contributed by atoms with E-state index in [1.807, 2.05) is 6.55 Å². The summed E-state index contributed by atoms with van der Waals surface area (Å²) < 4.78 is 26.3. The Bertz CT molecular complexity index is 255. The van der Waals surface area contributed by atoms with Crippen molar-refractivity contribution >= 4 is 44.6 Å². The minimum Gasteiger partial charge on any atom is -0.463 e. The van der Waals surface area contributed by atoms with Crippen molar-refractivity contribution in [1.82, 2.24) is 0 Å². The van der Waals surface area contributed by atoms with Crippen LogP contribution >= 0.6 is 0 Å². The molecule has 1 rings (SSSR count). The number of carbonyl (C=O) groups excluding carboxylic acids is 1. The average molecular weight is 305 g/mol. The van der Waals surface area contributed by atoms with Crippen molar-refractivity contribution in [2.75, 3.05) is 6.61 Å². The second-order valence-electron chi connectivity index (χ2n) is 3.27. The first-order valence-corrected chi connectivity index (χ1v) is 9.85. The molecular weight excluding hydrogens is 292 g/mol. The number of hydrogen-bond donors (Lipinski definition) is 0. The Morgan fingerprint density at radius 3 is 2.59 bits per heavy atom. The molecule has 6 nitrogen and oxygen atoms in total. The minimum atomic E-state index is -2.24. The van der Waals surface area contributed by atoms with Crippen molar-refractivity contribution in [3.63, 3.8) is 0 Å². The molecule has 0 saturated carbocycles. The molecule has 17 heavy (non-hydrogen) atoms. The van der Waals surface area contributed by atoms with E-state index in [4.69, 9.17) is 21.2 Å². The highest BCUT2D eigenvalue weighted by molar-refractivity contribution is 6.74. The summed E-state index contributed by atoms with van der Waals surface area (Å²) in [4.78, 5) is 10.8. The van der Waals surface area contributed by atoms with Gasteiger partial charge < -0.3 is 21.2 Å². The molecule has 1 fully saturated rings. The molecule has 0 aromatic rings. The number of hydrogen-bond acceptors (Lipinski definition) is 6. The molecule has 0 aromatic carbocycles. The van der Waals surface area contributed by atoms with Crippen molar-refractivity contribution in [3.8, 4) is 0 Å². The average Bonchev–Trinajstić information content (AvgIpc) is 2.30. The molecule has 0 aliphatic carbocycles. The molecule has 1 aliphatic rings. The Labute approximate surface area is 109 Å². The molecule has 10 heteroatoms. The molecule has 1 aliphatic heterocycles. The fraction of sp³-hybridized carbons (Fsp3) is 0.571. The number of esters is 1. The van der Waals surface area contributed by atoms with Crippen molar-refractivity contribution in [1.29, 1.82) is 0 Å². The summed E-state index contributed by atoms with van der Waals surface area (Å²) in [5.74, 6) is -0.409. The quantitative estimate of drug-likeness (QED) is 0.305. The lowest BCUT2D eigenvalue weighted by atomic mass is 10.5. The fourth-order valence-electron chi connectivity index (χ4n) is 1.02. The van der Waals surface area contributed by atoms with Crippen LogP contribution < -0.4 is 0 Å². The fourth-order valence-corrected chi connectivity index (χ4v) is 6.47. The van der Waals surface area contributed by atoms with E-state index in [1.165, 1.54) is 0 Å². The van der Waals surface area contributed by atoms with Crippen LogP contribution in [0.4, 0.5) is 0 Å². The summed E-state index contributed by atoms with van der Waals surface area (Å²) in [6, 6.07) is 0.729. The second kappa shape index (κ2) is 8.10. The van der Waals surface area contributed by atoms with Gasteiger partial charge in [0.1, 0.15) is 0 Å². The van der Waals surface area contributed by atoms with Gasteiger partial charge in [-0.1, -0.05) is 6.58 Å². The summed E-state index contributed by atoms with van der Waals surface area (Å²) in [6.45, 7) is 5.61. The van der Waals surface area contributed by atoms with Crippen LogP contribution in [-0.4, -0.2) is 51.2 Å². The zero-order valence-corrected chi connectivity index (χ0v) is 13.4. The maximum atomic E-state index is 10.8. The lowest BCUT2D eigenvalue weighted by molar-refractivity contribution is -0.137. The first kappa shape index (κ1) is 15.0. The molecule has 6 radical (unpaired) electrons. The molecule has 0 N–H and O–H groups in total. The zero-order chi connectivity index (χ0) is 12.6. The largest absolute Gasteiger partial charge is 0.463 e. The van der Waals surface area contributed by atoms with Crippen molar-refractivity contribution in [2.24, 2.45) is 0 Å². The predicted molar refractivity (Wildman–Crippen MR) is 63.8 cm³/mol. The summed E-state index contributed by atoms with van der Waals surface area (Å²) in [5, 5.41) is 0. The normalized spacial score (nSPS) is 20.1. The van der Waals surface area contributed by atoms with Crippen LogP contribution in [0.15, 0.2) is 12.7 Å². The van der Waals surface area contributed by atoms with E-state index in [0.29, 0.717) is 13.0 Å². The van der Waals surface area contributed by atoms with Gasteiger partial charge in [0.25, 0.3) is 0 Å². The Balaban J connectivity index is 2.22. The molecule has 1 heterocycles. The molecular formula is C7H12O6Si4. The van der Waals surface area contributed by atoms with Gasteiger partial charge in [-0.2, -0.15) is 0 Å². The van der Waals surface area contributed by atoms with Crippen molar-refractivity contribution in [2.45, 2.75) is 19.0 Å². The minimum absolute atomic E-state index is 0.0183. The van der Waals surface area contributed by atoms with Gasteiger partial charge in [-0.25, -0.2) is 4.79 Å². The van der Waals surface area contributed by atoms with Crippen LogP contribution in [0.2, 0.25) is 12.6 Å². The van der Waals surface area contributed by atoms with E-state index >= 15 is 0 Å². The molecule has 0 unspecified atom stereocenters. The van der Waals surface area contributed by atoms with Crippen LogP contribution in [0, 0.1) is 0 Å². The molecule has 0 spiro atoms. The SMILES string of the molecule is C=CC(=O)OCCC[Si]1(C)O[Si]O[Si]O[Si]O1. The molecule has 0 bridgehead atoms. The molecule has 0 atom stereocenters. The topological polar surface area (TPSA) is 63.2 Å². The van der Waals surface area contributed by atoms with Crippen LogP contribution in [0.5, 0.6) is 0 Å². The van der Waals surface area contributed by atoms with E-state index in [0.717, 1.165) is 12.1 Å². The van der Waals surface area contributed by atoms with Crippen LogP contribution in [0.1, 0.15) is 6.42 Å².